The molecule has 2 N–H and O–H groups in total. The molecule has 0 bridgehead atoms. The Morgan fingerprint density at radius 3 is 2.47 bits per heavy atom. The monoisotopic (exact) mass is 244 g/mol. The average molecular weight is 244 g/mol. The summed E-state index contributed by atoms with van der Waals surface area (Å²) in [5, 5.41) is 0. The molecular weight excluding hydrogens is 229 g/mol. The van der Waals surface area contributed by atoms with Crippen LogP contribution in [-0.2, 0) is 6.18 Å². The van der Waals surface area contributed by atoms with Gasteiger partial charge in [-0.1, -0.05) is 12.1 Å². The minimum absolute atomic E-state index is 0.0569. The second-order valence-electron chi connectivity index (χ2n) is 4.40. The van der Waals surface area contributed by atoms with E-state index < -0.39 is 11.7 Å². The molecule has 0 saturated carbocycles. The largest absolute Gasteiger partial charge is 0.418 e. The number of hydrogen-bond acceptors (Lipinski definition) is 2. The van der Waals surface area contributed by atoms with Crippen LogP contribution >= 0.6 is 0 Å². The Morgan fingerprint density at radius 2 is 1.94 bits per heavy atom. The van der Waals surface area contributed by atoms with E-state index in [1.54, 1.807) is 11.0 Å². The number of anilines is 1. The van der Waals surface area contributed by atoms with Crippen LogP contribution in [0.1, 0.15) is 18.9 Å². The average Bonchev–Trinajstić information content (AvgIpc) is 2.59. The van der Waals surface area contributed by atoms with Crippen LogP contribution in [0.25, 0.3) is 0 Å². The molecule has 2 rings (SSSR count). The van der Waals surface area contributed by atoms with Gasteiger partial charge in [0.25, 0.3) is 0 Å². The highest BCUT2D eigenvalue weighted by Gasteiger charge is 2.37. The summed E-state index contributed by atoms with van der Waals surface area (Å²) in [6.07, 6.45) is -3.59. The van der Waals surface area contributed by atoms with Crippen LogP contribution in [0.5, 0.6) is 0 Å². The van der Waals surface area contributed by atoms with E-state index in [0.29, 0.717) is 6.54 Å². The Kier molecular flexibility index (Phi) is 3.03. The number of nitrogens with zero attached hydrogens (tertiary/aromatic N) is 1. The van der Waals surface area contributed by atoms with E-state index in [-0.39, 0.29) is 17.8 Å². The van der Waals surface area contributed by atoms with Crippen molar-refractivity contribution in [3.63, 3.8) is 0 Å². The molecule has 2 unspecified atom stereocenters. The van der Waals surface area contributed by atoms with Gasteiger partial charge >= 0.3 is 6.18 Å². The van der Waals surface area contributed by atoms with E-state index in [2.05, 4.69) is 0 Å². The van der Waals surface area contributed by atoms with Gasteiger partial charge in [-0.05, 0) is 25.5 Å². The van der Waals surface area contributed by atoms with Crippen molar-refractivity contribution in [2.45, 2.75) is 31.6 Å². The fourth-order valence-electron chi connectivity index (χ4n) is 2.27. The van der Waals surface area contributed by atoms with E-state index in [1.807, 2.05) is 6.92 Å². The van der Waals surface area contributed by atoms with Gasteiger partial charge in [0.2, 0.25) is 0 Å². The van der Waals surface area contributed by atoms with Gasteiger partial charge in [0.15, 0.2) is 0 Å². The third kappa shape index (κ3) is 2.24. The molecule has 1 aromatic carbocycles. The van der Waals surface area contributed by atoms with Gasteiger partial charge in [0.1, 0.15) is 0 Å². The zero-order chi connectivity index (χ0) is 12.6. The Morgan fingerprint density at radius 1 is 1.29 bits per heavy atom. The maximum atomic E-state index is 12.9. The number of hydrogen-bond donors (Lipinski definition) is 1. The van der Waals surface area contributed by atoms with Gasteiger partial charge in [0.05, 0.1) is 5.56 Å². The number of nitrogens with two attached hydrogens (primary N) is 1. The maximum absolute atomic E-state index is 12.9. The molecule has 2 atom stereocenters. The standard InChI is InChI=1S/C12H15F3N2/c1-8-10(16)6-7-17(8)11-5-3-2-4-9(11)12(13,14)15/h2-5,8,10H,6-7,16H2,1H3. The summed E-state index contributed by atoms with van der Waals surface area (Å²) >= 11 is 0. The molecule has 2 nitrogen and oxygen atoms in total. The number of benzene rings is 1. The van der Waals surface area contributed by atoms with Gasteiger partial charge in [-0.15, -0.1) is 0 Å². The predicted molar refractivity (Wildman–Crippen MR) is 60.8 cm³/mol. The van der Waals surface area contributed by atoms with Crippen LogP contribution in [0.3, 0.4) is 0 Å². The van der Waals surface area contributed by atoms with Gasteiger partial charge in [-0.25, -0.2) is 0 Å². The lowest BCUT2D eigenvalue weighted by molar-refractivity contribution is -0.137. The van der Waals surface area contributed by atoms with E-state index in [0.717, 1.165) is 12.5 Å². The summed E-state index contributed by atoms with van der Waals surface area (Å²) < 4.78 is 38.6. The summed E-state index contributed by atoms with van der Waals surface area (Å²) in [7, 11) is 0. The third-order valence-corrected chi connectivity index (χ3v) is 3.33. The highest BCUT2D eigenvalue weighted by Crippen LogP contribution is 2.38. The summed E-state index contributed by atoms with van der Waals surface area (Å²) in [5.41, 5.74) is 5.50. The minimum atomic E-state index is -4.32. The van der Waals surface area contributed by atoms with Gasteiger partial charge in [-0.2, -0.15) is 13.2 Å². The predicted octanol–water partition coefficient (Wildman–Crippen LogP) is 2.63. The first-order valence-electron chi connectivity index (χ1n) is 5.59. The van der Waals surface area contributed by atoms with Crippen LogP contribution in [0, 0.1) is 0 Å². The van der Waals surface area contributed by atoms with Crippen molar-refractivity contribution in [2.24, 2.45) is 5.73 Å². The number of alkyl halides is 3. The number of rotatable bonds is 1. The van der Waals surface area contributed by atoms with Gasteiger partial charge in [0, 0.05) is 24.3 Å². The zero-order valence-corrected chi connectivity index (χ0v) is 9.54. The minimum Gasteiger partial charge on any atom is -0.367 e. The molecule has 1 aliphatic rings. The van der Waals surface area contributed by atoms with Crippen molar-refractivity contribution in [1.82, 2.24) is 0 Å². The lowest BCUT2D eigenvalue weighted by Gasteiger charge is -2.28. The highest BCUT2D eigenvalue weighted by molar-refractivity contribution is 5.56. The fraction of sp³-hybridized carbons (Fsp3) is 0.500. The lowest BCUT2D eigenvalue weighted by atomic mass is 10.1. The number of para-hydroxylation sites is 1. The molecule has 0 amide bonds. The Labute approximate surface area is 98.2 Å². The van der Waals surface area contributed by atoms with E-state index in [4.69, 9.17) is 5.73 Å². The van der Waals surface area contributed by atoms with Crippen molar-refractivity contribution < 1.29 is 13.2 Å². The first-order valence-corrected chi connectivity index (χ1v) is 5.59. The van der Waals surface area contributed by atoms with Crippen LogP contribution in [0.4, 0.5) is 18.9 Å². The van der Waals surface area contributed by atoms with Crippen LogP contribution in [-0.4, -0.2) is 18.6 Å². The third-order valence-electron chi connectivity index (χ3n) is 3.33. The van der Waals surface area contributed by atoms with Gasteiger partial charge < -0.3 is 10.6 Å². The molecule has 1 saturated heterocycles. The topological polar surface area (TPSA) is 29.3 Å². The Bertz CT molecular complexity index is 403. The van der Waals surface area contributed by atoms with Crippen molar-refractivity contribution >= 4 is 5.69 Å². The summed E-state index contributed by atoms with van der Waals surface area (Å²) in [6.45, 7) is 2.44. The molecule has 1 aliphatic heterocycles. The summed E-state index contributed by atoms with van der Waals surface area (Å²) in [5.74, 6) is 0. The first-order chi connectivity index (χ1) is 7.91. The van der Waals surface area contributed by atoms with Crippen LogP contribution in [0.15, 0.2) is 24.3 Å². The fourth-order valence-corrected chi connectivity index (χ4v) is 2.27. The zero-order valence-electron chi connectivity index (χ0n) is 9.54. The van der Waals surface area contributed by atoms with Crippen molar-refractivity contribution in [2.75, 3.05) is 11.4 Å². The molecule has 5 heteroatoms. The molecule has 0 spiro atoms. The van der Waals surface area contributed by atoms with Crippen molar-refractivity contribution in [3.05, 3.63) is 29.8 Å². The molecule has 1 fully saturated rings. The normalized spacial score (nSPS) is 25.4. The molecular formula is C12H15F3N2. The smallest absolute Gasteiger partial charge is 0.367 e. The second kappa shape index (κ2) is 4.22. The second-order valence-corrected chi connectivity index (χ2v) is 4.40. The highest BCUT2D eigenvalue weighted by atomic mass is 19.4. The van der Waals surface area contributed by atoms with E-state index >= 15 is 0 Å². The number of halogens is 3. The van der Waals surface area contributed by atoms with Gasteiger partial charge in [-0.3, -0.25) is 0 Å². The van der Waals surface area contributed by atoms with Crippen molar-refractivity contribution in [3.8, 4) is 0 Å². The molecule has 94 valence electrons. The van der Waals surface area contributed by atoms with Crippen molar-refractivity contribution in [1.29, 1.82) is 0 Å². The molecule has 0 aromatic heterocycles. The maximum Gasteiger partial charge on any atom is 0.418 e. The lowest BCUT2D eigenvalue weighted by Crippen LogP contribution is -2.37. The van der Waals surface area contributed by atoms with Crippen LogP contribution < -0.4 is 10.6 Å². The van der Waals surface area contributed by atoms with Crippen LogP contribution in [0.2, 0.25) is 0 Å². The first kappa shape index (κ1) is 12.2. The Balaban J connectivity index is 2.39. The molecule has 0 radical (unpaired) electrons. The summed E-state index contributed by atoms with van der Waals surface area (Å²) in [4.78, 5) is 1.74. The van der Waals surface area contributed by atoms with E-state index in [1.165, 1.54) is 12.1 Å². The molecule has 0 aliphatic carbocycles. The molecule has 17 heavy (non-hydrogen) atoms. The Hall–Kier alpha value is -1.23. The quantitative estimate of drug-likeness (QED) is 0.822. The summed E-state index contributed by atoms with van der Waals surface area (Å²) in [6, 6.07) is 5.55. The molecule has 1 heterocycles. The SMILES string of the molecule is CC1C(N)CCN1c1ccccc1C(F)(F)F. The molecule has 1 aromatic rings. The van der Waals surface area contributed by atoms with E-state index in [9.17, 15) is 13.2 Å².